The number of sulfonamides is 1. The van der Waals surface area contributed by atoms with Gasteiger partial charge in [-0.05, 0) is 12.8 Å². The van der Waals surface area contributed by atoms with Gasteiger partial charge in [0.25, 0.3) is 0 Å². The molecule has 0 bridgehead atoms. The number of halogens is 3. The lowest BCUT2D eigenvalue weighted by molar-refractivity contribution is -0.182. The van der Waals surface area contributed by atoms with E-state index in [0.717, 1.165) is 16.7 Å². The summed E-state index contributed by atoms with van der Waals surface area (Å²) in [6.45, 7) is -0.533. The number of nitrogens with zero attached hydrogens (tertiary/aromatic N) is 3. The van der Waals surface area contributed by atoms with E-state index < -0.39 is 28.7 Å². The van der Waals surface area contributed by atoms with Crippen LogP contribution in [0.4, 0.5) is 19.1 Å². The van der Waals surface area contributed by atoms with Crippen molar-refractivity contribution in [2.45, 2.75) is 23.9 Å². The summed E-state index contributed by atoms with van der Waals surface area (Å²) in [5.74, 6) is 3.43. The number of aromatic nitrogens is 2. The van der Waals surface area contributed by atoms with Crippen molar-refractivity contribution in [3.63, 3.8) is 0 Å². The van der Waals surface area contributed by atoms with E-state index in [9.17, 15) is 21.6 Å². The van der Waals surface area contributed by atoms with Crippen molar-refractivity contribution in [2.24, 2.45) is 11.8 Å². The van der Waals surface area contributed by atoms with Crippen molar-refractivity contribution >= 4 is 16.0 Å². The Kier molecular flexibility index (Phi) is 4.35. The highest BCUT2D eigenvalue weighted by Crippen LogP contribution is 2.34. The van der Waals surface area contributed by atoms with Crippen molar-refractivity contribution in [3.8, 4) is 0 Å². The molecule has 0 amide bonds. The van der Waals surface area contributed by atoms with Crippen LogP contribution < -0.4 is 11.3 Å². The number of nitrogen functional groups attached to an aromatic ring is 1. The number of hydrogen-bond donors (Lipinski definition) is 2. The summed E-state index contributed by atoms with van der Waals surface area (Å²) < 4.78 is 63.6. The lowest BCUT2D eigenvalue weighted by Crippen LogP contribution is -2.44. The van der Waals surface area contributed by atoms with Gasteiger partial charge >= 0.3 is 6.18 Å². The van der Waals surface area contributed by atoms with Crippen LogP contribution in [0.25, 0.3) is 0 Å². The maximum Gasteiger partial charge on any atom is 0.393 e. The monoisotopic (exact) mass is 325 g/mol. The van der Waals surface area contributed by atoms with Gasteiger partial charge in [0.1, 0.15) is 4.90 Å². The summed E-state index contributed by atoms with van der Waals surface area (Å²) in [4.78, 5) is 7.04. The smallest absolute Gasteiger partial charge is 0.292 e. The summed E-state index contributed by atoms with van der Waals surface area (Å²) in [6.07, 6.45) is -2.30. The minimum Gasteiger partial charge on any atom is -0.292 e. The van der Waals surface area contributed by atoms with Crippen LogP contribution in [-0.4, -0.2) is 42.0 Å². The van der Waals surface area contributed by atoms with E-state index in [0.29, 0.717) is 0 Å². The molecule has 11 heteroatoms. The Bertz CT molecular complexity index is 590. The summed E-state index contributed by atoms with van der Waals surface area (Å²) in [5, 5.41) is 0. The number of piperidine rings is 1. The largest absolute Gasteiger partial charge is 0.393 e. The molecule has 0 aliphatic carbocycles. The van der Waals surface area contributed by atoms with Gasteiger partial charge in [-0.2, -0.15) is 17.5 Å². The molecule has 1 aromatic rings. The van der Waals surface area contributed by atoms with Gasteiger partial charge in [-0.3, -0.25) is 5.43 Å². The second-order valence-electron chi connectivity index (χ2n) is 4.63. The average Bonchev–Trinajstić information content (AvgIpc) is 2.46. The van der Waals surface area contributed by atoms with E-state index in [2.05, 4.69) is 15.4 Å². The average molecular weight is 325 g/mol. The lowest BCUT2D eigenvalue weighted by Gasteiger charge is -2.32. The van der Waals surface area contributed by atoms with E-state index in [1.807, 2.05) is 0 Å². The minimum atomic E-state index is -4.40. The first kappa shape index (κ1) is 15.9. The molecule has 0 aromatic carbocycles. The van der Waals surface area contributed by atoms with Crippen molar-refractivity contribution in [1.82, 2.24) is 14.3 Å². The van der Waals surface area contributed by atoms with Crippen LogP contribution in [0.3, 0.4) is 0 Å². The highest BCUT2D eigenvalue weighted by atomic mass is 32.2. The molecule has 1 atom stereocenters. The molecule has 21 heavy (non-hydrogen) atoms. The number of rotatable bonds is 3. The van der Waals surface area contributed by atoms with E-state index in [4.69, 9.17) is 5.84 Å². The molecule has 2 rings (SSSR count). The molecule has 118 valence electrons. The number of nitrogens with two attached hydrogens (primary N) is 1. The molecule has 0 radical (unpaired) electrons. The zero-order chi connectivity index (χ0) is 15.7. The van der Waals surface area contributed by atoms with Crippen molar-refractivity contribution in [2.75, 3.05) is 18.5 Å². The van der Waals surface area contributed by atoms with Gasteiger partial charge in [-0.15, -0.1) is 0 Å². The predicted octanol–water partition coefficient (Wildman–Crippen LogP) is 0.725. The fourth-order valence-electron chi connectivity index (χ4n) is 2.10. The number of nitrogens with one attached hydrogen (secondary N) is 1. The first-order valence-corrected chi connectivity index (χ1v) is 7.54. The number of anilines is 1. The zero-order valence-electron chi connectivity index (χ0n) is 10.8. The summed E-state index contributed by atoms with van der Waals surface area (Å²) in [6, 6.07) is 0. The quantitative estimate of drug-likeness (QED) is 0.627. The summed E-state index contributed by atoms with van der Waals surface area (Å²) >= 11 is 0. The molecule has 1 fully saturated rings. The highest BCUT2D eigenvalue weighted by molar-refractivity contribution is 7.89. The second kappa shape index (κ2) is 5.73. The molecule has 0 saturated carbocycles. The first-order valence-electron chi connectivity index (χ1n) is 6.10. The van der Waals surface area contributed by atoms with Crippen LogP contribution in [0.1, 0.15) is 12.8 Å². The van der Waals surface area contributed by atoms with Gasteiger partial charge in [0.15, 0.2) is 0 Å². The molecule has 1 saturated heterocycles. The van der Waals surface area contributed by atoms with Gasteiger partial charge in [-0.1, -0.05) is 0 Å². The molecule has 1 aliphatic rings. The fraction of sp³-hybridized carbons (Fsp3) is 0.600. The molecule has 3 N–H and O–H groups in total. The van der Waals surface area contributed by atoms with Crippen LogP contribution in [0.2, 0.25) is 0 Å². The standard InChI is InChI=1S/C10H14F3N5O2S/c11-10(12,13)7-2-1-3-18(6-7)21(19,20)8-4-15-9(17-14)16-5-8/h4-5,7H,1-3,6,14H2,(H,15,16,17). The third-order valence-electron chi connectivity index (χ3n) is 3.24. The summed E-state index contributed by atoms with van der Waals surface area (Å²) in [7, 11) is -4.04. The Morgan fingerprint density at radius 3 is 2.48 bits per heavy atom. The minimum absolute atomic E-state index is 0.0146. The Labute approximate surface area is 119 Å². The Morgan fingerprint density at radius 1 is 1.33 bits per heavy atom. The molecule has 1 aromatic heterocycles. The van der Waals surface area contributed by atoms with E-state index in [1.165, 1.54) is 0 Å². The second-order valence-corrected chi connectivity index (χ2v) is 6.57. The number of alkyl halides is 3. The molecular weight excluding hydrogens is 311 g/mol. The van der Waals surface area contributed by atoms with Gasteiger partial charge in [-0.25, -0.2) is 24.2 Å². The van der Waals surface area contributed by atoms with Gasteiger partial charge < -0.3 is 0 Å². The molecule has 2 heterocycles. The van der Waals surface area contributed by atoms with E-state index >= 15 is 0 Å². The number of hydrogen-bond acceptors (Lipinski definition) is 6. The van der Waals surface area contributed by atoms with Gasteiger partial charge in [0, 0.05) is 13.1 Å². The van der Waals surface area contributed by atoms with Crippen LogP contribution in [0.5, 0.6) is 0 Å². The summed E-state index contributed by atoms with van der Waals surface area (Å²) in [5.41, 5.74) is 2.13. The third-order valence-corrected chi connectivity index (χ3v) is 5.06. The topological polar surface area (TPSA) is 101 Å². The Hall–Kier alpha value is -1.46. The molecule has 0 spiro atoms. The molecule has 7 nitrogen and oxygen atoms in total. The van der Waals surface area contributed by atoms with Crippen molar-refractivity contribution < 1.29 is 21.6 Å². The van der Waals surface area contributed by atoms with Crippen LogP contribution in [0, 0.1) is 5.92 Å². The van der Waals surface area contributed by atoms with E-state index in [-0.39, 0.29) is 30.2 Å². The van der Waals surface area contributed by atoms with Crippen LogP contribution in [-0.2, 0) is 10.0 Å². The maximum atomic E-state index is 12.7. The van der Waals surface area contributed by atoms with Crippen molar-refractivity contribution in [3.05, 3.63) is 12.4 Å². The third kappa shape index (κ3) is 3.41. The zero-order valence-corrected chi connectivity index (χ0v) is 11.7. The van der Waals surface area contributed by atoms with Crippen LogP contribution >= 0.6 is 0 Å². The number of hydrazine groups is 1. The maximum absolute atomic E-state index is 12.7. The predicted molar refractivity (Wildman–Crippen MR) is 67.4 cm³/mol. The SMILES string of the molecule is NNc1ncc(S(=O)(=O)N2CCCC(C(F)(F)F)C2)cn1. The Morgan fingerprint density at radius 2 is 1.95 bits per heavy atom. The first-order chi connectivity index (χ1) is 9.75. The Balaban J connectivity index is 2.22. The molecule has 1 aliphatic heterocycles. The lowest BCUT2D eigenvalue weighted by atomic mass is 9.99. The van der Waals surface area contributed by atoms with Gasteiger partial charge in [0.05, 0.1) is 18.3 Å². The highest BCUT2D eigenvalue weighted by Gasteiger charge is 2.44. The molecule has 1 unspecified atom stereocenters. The molecular formula is C10H14F3N5O2S. The van der Waals surface area contributed by atoms with E-state index in [1.54, 1.807) is 0 Å². The van der Waals surface area contributed by atoms with Gasteiger partial charge in [0.2, 0.25) is 16.0 Å². The fourth-order valence-corrected chi connectivity index (χ4v) is 3.52. The van der Waals surface area contributed by atoms with Crippen LogP contribution in [0.15, 0.2) is 17.3 Å². The normalized spacial score (nSPS) is 21.2. The van der Waals surface area contributed by atoms with Crippen molar-refractivity contribution in [1.29, 1.82) is 0 Å².